The van der Waals surface area contributed by atoms with Gasteiger partial charge < -0.3 is 15.5 Å². The van der Waals surface area contributed by atoms with Gasteiger partial charge in [-0.2, -0.15) is 0 Å². The molecular weight excluding hydrogens is 232 g/mol. The standard InChI is InChI=1S/C13H12N2O3/c16-7-1-2-8-11(5-7)15-10-3-4-14-6-9(10)12(8)13(17)18/h1-2,5,14,16H,3-4,6H2,(H,17,18). The fraction of sp³-hybridized carbons (Fsp3) is 0.231. The van der Waals surface area contributed by atoms with Gasteiger partial charge in [0.1, 0.15) is 5.75 Å². The Morgan fingerprint density at radius 3 is 3.00 bits per heavy atom. The first-order chi connectivity index (χ1) is 8.66. The van der Waals surface area contributed by atoms with E-state index in [1.165, 1.54) is 12.1 Å². The molecule has 0 aliphatic carbocycles. The molecule has 2 aromatic rings. The molecule has 5 heteroatoms. The molecule has 0 radical (unpaired) electrons. The summed E-state index contributed by atoms with van der Waals surface area (Å²) in [5, 5.41) is 22.6. The van der Waals surface area contributed by atoms with Gasteiger partial charge in [-0.1, -0.05) is 0 Å². The van der Waals surface area contributed by atoms with Gasteiger partial charge >= 0.3 is 5.97 Å². The molecule has 0 amide bonds. The van der Waals surface area contributed by atoms with Crippen molar-refractivity contribution in [3.05, 3.63) is 35.0 Å². The van der Waals surface area contributed by atoms with E-state index in [0.29, 0.717) is 29.4 Å². The third-order valence-electron chi connectivity index (χ3n) is 3.21. The largest absolute Gasteiger partial charge is 0.508 e. The molecule has 0 fully saturated rings. The number of carbonyl (C=O) groups is 1. The molecule has 1 aromatic carbocycles. The van der Waals surface area contributed by atoms with Crippen LogP contribution in [0.4, 0.5) is 0 Å². The number of aromatic carboxylic acids is 1. The predicted octanol–water partition coefficient (Wildman–Crippen LogP) is 1.28. The highest BCUT2D eigenvalue weighted by Crippen LogP contribution is 2.27. The molecule has 1 aromatic heterocycles. The number of aromatic nitrogens is 1. The van der Waals surface area contributed by atoms with E-state index in [1.54, 1.807) is 6.07 Å². The molecular formula is C13H12N2O3. The van der Waals surface area contributed by atoms with Crippen molar-refractivity contribution in [2.45, 2.75) is 13.0 Å². The third kappa shape index (κ3) is 1.60. The number of hydrogen-bond donors (Lipinski definition) is 3. The molecule has 0 atom stereocenters. The van der Waals surface area contributed by atoms with Gasteiger partial charge in [0, 0.05) is 42.2 Å². The molecule has 0 spiro atoms. The number of fused-ring (bicyclic) bond motifs is 2. The van der Waals surface area contributed by atoms with Crippen LogP contribution in [0.25, 0.3) is 10.9 Å². The van der Waals surface area contributed by atoms with Crippen molar-refractivity contribution in [1.29, 1.82) is 0 Å². The summed E-state index contributed by atoms with van der Waals surface area (Å²) in [7, 11) is 0. The quantitative estimate of drug-likeness (QED) is 0.704. The fourth-order valence-corrected chi connectivity index (χ4v) is 2.41. The molecule has 0 bridgehead atoms. The van der Waals surface area contributed by atoms with Crippen molar-refractivity contribution in [3.63, 3.8) is 0 Å². The van der Waals surface area contributed by atoms with Crippen LogP contribution in [0.5, 0.6) is 5.75 Å². The lowest BCUT2D eigenvalue weighted by Gasteiger charge is -2.19. The average molecular weight is 244 g/mol. The summed E-state index contributed by atoms with van der Waals surface area (Å²) < 4.78 is 0. The molecule has 1 aliphatic heterocycles. The lowest BCUT2D eigenvalue weighted by Crippen LogP contribution is -2.27. The number of carboxylic acids is 1. The molecule has 1 aliphatic rings. The van der Waals surface area contributed by atoms with Crippen molar-refractivity contribution in [2.24, 2.45) is 0 Å². The number of nitrogens with one attached hydrogen (secondary N) is 1. The second kappa shape index (κ2) is 3.96. The van der Waals surface area contributed by atoms with Gasteiger partial charge in [0.05, 0.1) is 11.1 Å². The molecule has 5 nitrogen and oxygen atoms in total. The summed E-state index contributed by atoms with van der Waals surface area (Å²) in [4.78, 5) is 15.9. The zero-order chi connectivity index (χ0) is 12.7. The Labute approximate surface area is 103 Å². The number of rotatable bonds is 1. The van der Waals surface area contributed by atoms with Crippen LogP contribution in [-0.4, -0.2) is 27.7 Å². The maximum Gasteiger partial charge on any atom is 0.336 e. The second-order valence-electron chi connectivity index (χ2n) is 4.35. The highest BCUT2D eigenvalue weighted by atomic mass is 16.4. The second-order valence-corrected chi connectivity index (χ2v) is 4.35. The maximum atomic E-state index is 11.5. The minimum absolute atomic E-state index is 0.0974. The first-order valence-electron chi connectivity index (χ1n) is 5.75. The van der Waals surface area contributed by atoms with Gasteiger partial charge in [0.2, 0.25) is 0 Å². The SMILES string of the molecule is O=C(O)c1c2c(nc3cc(O)ccc13)CCNC2. The van der Waals surface area contributed by atoms with E-state index in [0.717, 1.165) is 17.8 Å². The molecule has 92 valence electrons. The van der Waals surface area contributed by atoms with E-state index >= 15 is 0 Å². The highest BCUT2D eigenvalue weighted by Gasteiger charge is 2.21. The number of carboxylic acid groups (broad SMARTS) is 1. The van der Waals surface area contributed by atoms with E-state index in [1.807, 2.05) is 0 Å². The van der Waals surface area contributed by atoms with Gasteiger partial charge in [-0.3, -0.25) is 4.98 Å². The van der Waals surface area contributed by atoms with Gasteiger partial charge in [0.15, 0.2) is 0 Å². The van der Waals surface area contributed by atoms with Gasteiger partial charge in [-0.25, -0.2) is 4.79 Å². The monoisotopic (exact) mass is 244 g/mol. The van der Waals surface area contributed by atoms with Gasteiger partial charge in [-0.15, -0.1) is 0 Å². The molecule has 2 heterocycles. The molecule has 0 unspecified atom stereocenters. The summed E-state index contributed by atoms with van der Waals surface area (Å²) >= 11 is 0. The van der Waals surface area contributed by atoms with Crippen molar-refractivity contribution >= 4 is 16.9 Å². The van der Waals surface area contributed by atoms with E-state index in [9.17, 15) is 15.0 Å². The van der Waals surface area contributed by atoms with Gasteiger partial charge in [0.25, 0.3) is 0 Å². The van der Waals surface area contributed by atoms with Crippen LogP contribution in [-0.2, 0) is 13.0 Å². The Balaban J connectivity index is 2.40. The van der Waals surface area contributed by atoms with Crippen molar-refractivity contribution in [1.82, 2.24) is 10.3 Å². The molecule has 3 rings (SSSR count). The van der Waals surface area contributed by atoms with E-state index in [2.05, 4.69) is 10.3 Å². The summed E-state index contributed by atoms with van der Waals surface area (Å²) in [6.07, 6.45) is 0.710. The minimum Gasteiger partial charge on any atom is -0.508 e. The lowest BCUT2D eigenvalue weighted by atomic mass is 9.97. The smallest absolute Gasteiger partial charge is 0.336 e. The van der Waals surface area contributed by atoms with Crippen LogP contribution < -0.4 is 5.32 Å². The topological polar surface area (TPSA) is 82.5 Å². The van der Waals surface area contributed by atoms with Crippen LogP contribution in [0.2, 0.25) is 0 Å². The Morgan fingerprint density at radius 1 is 1.39 bits per heavy atom. The predicted molar refractivity (Wildman–Crippen MR) is 65.8 cm³/mol. The lowest BCUT2D eigenvalue weighted by molar-refractivity contribution is 0.0697. The molecule has 0 saturated carbocycles. The van der Waals surface area contributed by atoms with Crippen molar-refractivity contribution in [3.8, 4) is 5.75 Å². The van der Waals surface area contributed by atoms with Crippen LogP contribution >= 0.6 is 0 Å². The average Bonchev–Trinajstić information content (AvgIpc) is 2.35. The Hall–Kier alpha value is -2.14. The van der Waals surface area contributed by atoms with Crippen molar-refractivity contribution in [2.75, 3.05) is 6.54 Å². The first-order valence-corrected chi connectivity index (χ1v) is 5.75. The fourth-order valence-electron chi connectivity index (χ4n) is 2.41. The number of aromatic hydroxyl groups is 1. The Bertz CT molecular complexity index is 652. The summed E-state index contributed by atoms with van der Waals surface area (Å²) in [6, 6.07) is 4.60. The summed E-state index contributed by atoms with van der Waals surface area (Å²) in [5.74, 6) is -0.853. The zero-order valence-electron chi connectivity index (χ0n) is 9.60. The molecule has 0 saturated heterocycles. The van der Waals surface area contributed by atoms with E-state index in [4.69, 9.17) is 0 Å². The number of nitrogens with zero attached hydrogens (tertiary/aromatic N) is 1. The normalized spacial score (nSPS) is 14.4. The highest BCUT2D eigenvalue weighted by molar-refractivity contribution is 6.04. The maximum absolute atomic E-state index is 11.5. The summed E-state index contributed by atoms with van der Waals surface area (Å²) in [6.45, 7) is 1.32. The third-order valence-corrected chi connectivity index (χ3v) is 3.21. The van der Waals surface area contributed by atoms with Crippen LogP contribution in [0.1, 0.15) is 21.6 Å². The molecule has 3 N–H and O–H groups in total. The number of benzene rings is 1. The van der Waals surface area contributed by atoms with Crippen LogP contribution in [0.3, 0.4) is 0 Å². The van der Waals surface area contributed by atoms with Crippen LogP contribution in [0, 0.1) is 0 Å². The number of phenolic OH excluding ortho intramolecular Hbond substituents is 1. The number of hydrogen-bond acceptors (Lipinski definition) is 4. The molecule has 18 heavy (non-hydrogen) atoms. The van der Waals surface area contributed by atoms with Gasteiger partial charge in [-0.05, 0) is 12.1 Å². The minimum atomic E-state index is -0.951. The number of phenols is 1. The van der Waals surface area contributed by atoms with E-state index in [-0.39, 0.29) is 5.75 Å². The summed E-state index contributed by atoms with van der Waals surface area (Å²) in [5.41, 5.74) is 2.39. The van der Waals surface area contributed by atoms with Crippen molar-refractivity contribution < 1.29 is 15.0 Å². The number of pyridine rings is 1. The zero-order valence-corrected chi connectivity index (χ0v) is 9.60. The Morgan fingerprint density at radius 2 is 2.22 bits per heavy atom. The van der Waals surface area contributed by atoms with Crippen LogP contribution in [0.15, 0.2) is 18.2 Å². The van der Waals surface area contributed by atoms with E-state index < -0.39 is 5.97 Å². The Kier molecular flexibility index (Phi) is 2.41. The first kappa shape index (κ1) is 11.0.